The van der Waals surface area contributed by atoms with E-state index in [0.29, 0.717) is 29.4 Å². The number of fused-ring (bicyclic) bond motifs is 1. The van der Waals surface area contributed by atoms with Crippen molar-refractivity contribution in [3.63, 3.8) is 0 Å². The summed E-state index contributed by atoms with van der Waals surface area (Å²) in [6, 6.07) is 9.68. The molecule has 0 aliphatic heterocycles. The molecule has 0 atom stereocenters. The van der Waals surface area contributed by atoms with Gasteiger partial charge in [0.1, 0.15) is 5.75 Å². The van der Waals surface area contributed by atoms with Gasteiger partial charge in [-0.15, -0.1) is 5.10 Å². The zero-order valence-corrected chi connectivity index (χ0v) is 20.1. The summed E-state index contributed by atoms with van der Waals surface area (Å²) >= 11 is 0. The predicted octanol–water partition coefficient (Wildman–Crippen LogP) is 2.44. The molecular weight excluding hydrogens is 464 g/mol. The standard InChI is InChI=1S/C24H26N8O4/c1-30(13-14-4-8-16(36-3)9-5-14)18-10-20(28-17-11-26-31(2)21(17)24(34)35)29-32-19(12-25-22(18)32)23(33)27-15-6-7-15/h4-5,8-12,15H,6-7,13H2,1-3H3,(H,27,33)(H,28,29)(H,34,35). The number of aryl methyl sites for hydroxylation is 1. The molecule has 1 aliphatic carbocycles. The van der Waals surface area contributed by atoms with Crippen molar-refractivity contribution in [3.05, 3.63) is 59.7 Å². The van der Waals surface area contributed by atoms with E-state index >= 15 is 0 Å². The number of carboxylic acids is 1. The number of anilines is 3. The Morgan fingerprint density at radius 1 is 1.22 bits per heavy atom. The fourth-order valence-corrected chi connectivity index (χ4v) is 3.95. The number of methoxy groups -OCH3 is 1. The molecule has 12 nitrogen and oxygen atoms in total. The van der Waals surface area contributed by atoms with Crippen molar-refractivity contribution in [2.24, 2.45) is 7.05 Å². The van der Waals surface area contributed by atoms with Crippen molar-refractivity contribution in [2.75, 3.05) is 24.4 Å². The number of carbonyl (C=O) groups excluding carboxylic acids is 1. The van der Waals surface area contributed by atoms with Gasteiger partial charge in [-0.3, -0.25) is 9.48 Å². The summed E-state index contributed by atoms with van der Waals surface area (Å²) in [6.07, 6.45) is 4.83. The van der Waals surface area contributed by atoms with E-state index in [1.807, 2.05) is 36.2 Å². The molecular formula is C24H26N8O4. The lowest BCUT2D eigenvalue weighted by molar-refractivity contribution is 0.0686. The molecule has 3 N–H and O–H groups in total. The highest BCUT2D eigenvalue weighted by Gasteiger charge is 2.27. The Hall–Kier alpha value is -4.61. The van der Waals surface area contributed by atoms with Crippen LogP contribution in [0.4, 0.5) is 17.2 Å². The monoisotopic (exact) mass is 490 g/mol. The van der Waals surface area contributed by atoms with Crippen LogP contribution in [0, 0.1) is 0 Å². The van der Waals surface area contributed by atoms with Crippen LogP contribution in [0.2, 0.25) is 0 Å². The number of hydrogen-bond donors (Lipinski definition) is 3. The van der Waals surface area contributed by atoms with Gasteiger partial charge in [0.25, 0.3) is 5.91 Å². The minimum Gasteiger partial charge on any atom is -0.497 e. The van der Waals surface area contributed by atoms with Gasteiger partial charge < -0.3 is 25.4 Å². The lowest BCUT2D eigenvalue weighted by atomic mass is 10.2. The zero-order valence-electron chi connectivity index (χ0n) is 20.1. The van der Waals surface area contributed by atoms with Crippen molar-refractivity contribution >= 4 is 34.7 Å². The molecule has 4 aromatic rings. The third-order valence-electron chi connectivity index (χ3n) is 5.99. The summed E-state index contributed by atoms with van der Waals surface area (Å²) in [5.74, 6) is -0.272. The molecule has 36 heavy (non-hydrogen) atoms. The van der Waals surface area contributed by atoms with Crippen LogP contribution >= 0.6 is 0 Å². The van der Waals surface area contributed by atoms with Gasteiger partial charge in [0, 0.05) is 32.7 Å². The quantitative estimate of drug-likeness (QED) is 0.323. The van der Waals surface area contributed by atoms with Crippen LogP contribution in [0.25, 0.3) is 5.65 Å². The molecule has 1 saturated carbocycles. The Morgan fingerprint density at radius 3 is 2.64 bits per heavy atom. The molecule has 1 fully saturated rings. The van der Waals surface area contributed by atoms with Gasteiger partial charge in [-0.05, 0) is 30.5 Å². The van der Waals surface area contributed by atoms with Gasteiger partial charge in [0.2, 0.25) is 0 Å². The summed E-state index contributed by atoms with van der Waals surface area (Å²) < 4.78 is 8.00. The summed E-state index contributed by atoms with van der Waals surface area (Å²) in [4.78, 5) is 31.1. The molecule has 1 aromatic carbocycles. The predicted molar refractivity (Wildman–Crippen MR) is 132 cm³/mol. The van der Waals surface area contributed by atoms with Gasteiger partial charge in [-0.1, -0.05) is 12.1 Å². The Labute approximate surface area is 206 Å². The fourth-order valence-electron chi connectivity index (χ4n) is 3.95. The van der Waals surface area contributed by atoms with E-state index in [2.05, 4.69) is 25.8 Å². The third kappa shape index (κ3) is 4.52. The smallest absolute Gasteiger partial charge is 0.356 e. The number of carboxylic acid groups (broad SMARTS) is 1. The summed E-state index contributed by atoms with van der Waals surface area (Å²) in [5, 5.41) is 24.2. The third-order valence-corrected chi connectivity index (χ3v) is 5.99. The molecule has 1 amide bonds. The molecule has 5 rings (SSSR count). The highest BCUT2D eigenvalue weighted by Crippen LogP contribution is 2.28. The molecule has 0 unspecified atom stereocenters. The molecule has 3 heterocycles. The summed E-state index contributed by atoms with van der Waals surface area (Å²) in [5.41, 5.74) is 2.81. The van der Waals surface area contributed by atoms with Gasteiger partial charge >= 0.3 is 5.97 Å². The van der Waals surface area contributed by atoms with Crippen LogP contribution in [0.1, 0.15) is 39.4 Å². The largest absolute Gasteiger partial charge is 0.497 e. The van der Waals surface area contributed by atoms with Crippen LogP contribution in [-0.4, -0.2) is 61.6 Å². The highest BCUT2D eigenvalue weighted by atomic mass is 16.5. The second kappa shape index (κ2) is 9.21. The average Bonchev–Trinajstić information content (AvgIpc) is 3.44. The highest BCUT2D eigenvalue weighted by molar-refractivity contribution is 5.95. The van der Waals surface area contributed by atoms with Crippen LogP contribution in [-0.2, 0) is 13.6 Å². The molecule has 0 bridgehead atoms. The molecule has 1 aliphatic rings. The molecule has 0 spiro atoms. The summed E-state index contributed by atoms with van der Waals surface area (Å²) in [6.45, 7) is 0.548. The normalized spacial score (nSPS) is 13.0. The number of benzene rings is 1. The first-order chi connectivity index (χ1) is 17.3. The number of ether oxygens (including phenoxy) is 1. The number of aromatic nitrogens is 5. The number of rotatable bonds is 9. The zero-order chi connectivity index (χ0) is 25.4. The Kier molecular flexibility index (Phi) is 5.92. The van der Waals surface area contributed by atoms with E-state index in [1.165, 1.54) is 21.6 Å². The lowest BCUT2D eigenvalue weighted by Crippen LogP contribution is -2.27. The Bertz CT molecular complexity index is 1440. The topological polar surface area (TPSA) is 139 Å². The Balaban J connectivity index is 1.54. The number of amides is 1. The molecule has 0 radical (unpaired) electrons. The van der Waals surface area contributed by atoms with Gasteiger partial charge in [-0.25, -0.2) is 14.3 Å². The molecule has 12 heteroatoms. The number of nitrogens with one attached hydrogen (secondary N) is 2. The molecule has 0 saturated heterocycles. The first-order valence-electron chi connectivity index (χ1n) is 11.4. The van der Waals surface area contributed by atoms with E-state index in [-0.39, 0.29) is 23.3 Å². The first-order valence-corrected chi connectivity index (χ1v) is 11.4. The van der Waals surface area contributed by atoms with E-state index in [1.54, 1.807) is 20.2 Å². The number of nitrogens with zero attached hydrogens (tertiary/aromatic N) is 6. The fraction of sp³-hybridized carbons (Fsp3) is 0.292. The van der Waals surface area contributed by atoms with E-state index < -0.39 is 5.97 Å². The lowest BCUT2D eigenvalue weighted by Gasteiger charge is -2.21. The second-order valence-electron chi connectivity index (χ2n) is 8.71. The van der Waals surface area contributed by atoms with Crippen LogP contribution in [0.5, 0.6) is 5.75 Å². The molecule has 3 aromatic heterocycles. The van der Waals surface area contributed by atoms with E-state index in [0.717, 1.165) is 24.2 Å². The van der Waals surface area contributed by atoms with Gasteiger partial charge in [0.15, 0.2) is 22.9 Å². The minimum atomic E-state index is -1.12. The maximum absolute atomic E-state index is 12.9. The number of carbonyl (C=O) groups is 2. The maximum Gasteiger partial charge on any atom is 0.356 e. The van der Waals surface area contributed by atoms with Gasteiger partial charge in [-0.2, -0.15) is 5.10 Å². The average molecular weight is 491 g/mol. The maximum atomic E-state index is 12.9. The van der Waals surface area contributed by atoms with Crippen molar-refractivity contribution in [3.8, 4) is 5.75 Å². The number of hydrogen-bond acceptors (Lipinski definition) is 8. The van der Waals surface area contributed by atoms with Crippen molar-refractivity contribution in [2.45, 2.75) is 25.4 Å². The SMILES string of the molecule is COc1ccc(CN(C)c2cc(Nc3cnn(C)c3C(=O)O)nn3c(C(=O)NC4CC4)cnc23)cc1. The second-order valence-corrected chi connectivity index (χ2v) is 8.71. The van der Waals surface area contributed by atoms with E-state index in [4.69, 9.17) is 4.74 Å². The van der Waals surface area contributed by atoms with Crippen LogP contribution in [0.3, 0.4) is 0 Å². The van der Waals surface area contributed by atoms with Crippen molar-refractivity contribution in [1.82, 2.24) is 29.7 Å². The van der Waals surface area contributed by atoms with Crippen LogP contribution < -0.4 is 20.3 Å². The first kappa shape index (κ1) is 23.1. The number of imidazole rings is 1. The van der Waals surface area contributed by atoms with Crippen LogP contribution in [0.15, 0.2) is 42.7 Å². The Morgan fingerprint density at radius 2 is 1.97 bits per heavy atom. The number of aromatic carboxylic acids is 1. The van der Waals surface area contributed by atoms with Gasteiger partial charge in [0.05, 0.1) is 30.9 Å². The summed E-state index contributed by atoms with van der Waals surface area (Å²) in [7, 11) is 5.08. The van der Waals surface area contributed by atoms with E-state index in [9.17, 15) is 14.7 Å². The van der Waals surface area contributed by atoms with Crippen molar-refractivity contribution < 1.29 is 19.4 Å². The van der Waals surface area contributed by atoms with Crippen molar-refractivity contribution in [1.29, 1.82) is 0 Å². The minimum absolute atomic E-state index is 0.0117. The molecule has 186 valence electrons.